The van der Waals surface area contributed by atoms with Gasteiger partial charge in [-0.05, 0) is 38.1 Å². The third-order valence-electron chi connectivity index (χ3n) is 5.10. The number of rotatable bonds is 7. The minimum atomic E-state index is 0.445. The number of hydrogen-bond donors (Lipinski definition) is 2. The van der Waals surface area contributed by atoms with Crippen molar-refractivity contribution in [2.75, 3.05) is 64.3 Å². The van der Waals surface area contributed by atoms with Crippen LogP contribution in [-0.2, 0) is 0 Å². The third kappa shape index (κ3) is 6.29. The molecule has 7 nitrogen and oxygen atoms in total. The second-order valence-corrected chi connectivity index (χ2v) is 7.09. The zero-order valence-electron chi connectivity index (χ0n) is 16.5. The van der Waals surface area contributed by atoms with Crippen molar-refractivity contribution in [1.82, 2.24) is 9.80 Å². The number of ether oxygens (including phenoxy) is 2. The molecule has 0 spiro atoms. The number of nitrogens with zero attached hydrogens (tertiary/aromatic N) is 3. The summed E-state index contributed by atoms with van der Waals surface area (Å²) >= 11 is 0. The van der Waals surface area contributed by atoms with Gasteiger partial charge in [0, 0.05) is 50.9 Å². The van der Waals surface area contributed by atoms with Crippen LogP contribution in [0.5, 0.6) is 11.5 Å². The average Bonchev–Trinajstić information content (AvgIpc) is 2.93. The van der Waals surface area contributed by atoms with E-state index >= 15 is 0 Å². The molecule has 0 amide bonds. The largest absolute Gasteiger partial charge is 0.490 e. The van der Waals surface area contributed by atoms with Crippen molar-refractivity contribution < 1.29 is 9.47 Å². The molecule has 3 N–H and O–H groups in total. The van der Waals surface area contributed by atoms with E-state index in [9.17, 15) is 0 Å². The molecule has 3 rings (SSSR count). The minimum absolute atomic E-state index is 0.445. The van der Waals surface area contributed by atoms with Crippen LogP contribution in [0.1, 0.15) is 26.2 Å². The molecule has 0 atom stereocenters. The van der Waals surface area contributed by atoms with Crippen molar-refractivity contribution in [3.63, 3.8) is 0 Å². The maximum Gasteiger partial charge on any atom is 0.193 e. The summed E-state index contributed by atoms with van der Waals surface area (Å²) in [6.45, 7) is 11.4. The van der Waals surface area contributed by atoms with E-state index in [-0.39, 0.29) is 0 Å². The van der Waals surface area contributed by atoms with Crippen LogP contribution in [0.2, 0.25) is 0 Å². The van der Waals surface area contributed by atoms with Crippen LogP contribution in [0.3, 0.4) is 0 Å². The highest BCUT2D eigenvalue weighted by Crippen LogP contribution is 2.32. The van der Waals surface area contributed by atoms with E-state index in [0.29, 0.717) is 19.2 Å². The Kier molecular flexibility index (Phi) is 7.59. The molecule has 2 aliphatic heterocycles. The highest BCUT2D eigenvalue weighted by atomic mass is 16.5. The maximum atomic E-state index is 6.02. The summed E-state index contributed by atoms with van der Waals surface area (Å²) in [5, 5.41) is 3.14. The average molecular weight is 376 g/mol. The standard InChI is InChI=1S/C20H33N5O2/c1-2-24-10-12-25(13-11-24)9-4-3-8-22-20(21)23-17-6-7-18-19(16-17)27-15-5-14-26-18/h6-7,16H,2-5,8-15H2,1H3,(H3,21,22,23). The molecule has 1 aromatic carbocycles. The van der Waals surface area contributed by atoms with Crippen LogP contribution in [0.25, 0.3) is 0 Å². The van der Waals surface area contributed by atoms with Gasteiger partial charge in [0.25, 0.3) is 0 Å². The Balaban J connectivity index is 1.35. The number of nitrogens with two attached hydrogens (primary N) is 1. The molecule has 150 valence electrons. The quantitative estimate of drug-likeness (QED) is 0.431. The predicted molar refractivity (Wildman–Crippen MR) is 110 cm³/mol. The summed E-state index contributed by atoms with van der Waals surface area (Å²) in [5.74, 6) is 1.99. The molecular formula is C20H33N5O2. The van der Waals surface area contributed by atoms with E-state index in [1.165, 1.54) is 26.2 Å². The Morgan fingerprint density at radius 2 is 1.81 bits per heavy atom. The van der Waals surface area contributed by atoms with Crippen molar-refractivity contribution in [2.24, 2.45) is 10.7 Å². The summed E-state index contributed by atoms with van der Waals surface area (Å²) in [6.07, 6.45) is 3.11. The second-order valence-electron chi connectivity index (χ2n) is 7.09. The lowest BCUT2D eigenvalue weighted by atomic mass is 10.2. The normalized spacial score (nSPS) is 18.9. The van der Waals surface area contributed by atoms with Crippen LogP contribution in [0.15, 0.2) is 23.2 Å². The van der Waals surface area contributed by atoms with Gasteiger partial charge < -0.3 is 30.3 Å². The van der Waals surface area contributed by atoms with E-state index in [1.807, 2.05) is 18.2 Å². The zero-order chi connectivity index (χ0) is 18.9. The molecular weight excluding hydrogens is 342 g/mol. The summed E-state index contributed by atoms with van der Waals surface area (Å²) in [5.41, 5.74) is 6.89. The molecule has 0 radical (unpaired) electrons. The van der Waals surface area contributed by atoms with Crippen LogP contribution in [0.4, 0.5) is 5.69 Å². The van der Waals surface area contributed by atoms with Crippen molar-refractivity contribution in [1.29, 1.82) is 0 Å². The van der Waals surface area contributed by atoms with Gasteiger partial charge in [-0.25, -0.2) is 0 Å². The first-order valence-electron chi connectivity index (χ1n) is 10.2. The van der Waals surface area contributed by atoms with E-state index in [2.05, 4.69) is 27.0 Å². The summed E-state index contributed by atoms with van der Waals surface area (Å²) in [4.78, 5) is 9.50. The van der Waals surface area contributed by atoms with E-state index in [0.717, 1.165) is 56.1 Å². The number of hydrogen-bond acceptors (Lipinski definition) is 5. The molecule has 0 aliphatic carbocycles. The van der Waals surface area contributed by atoms with Crippen molar-refractivity contribution >= 4 is 11.6 Å². The van der Waals surface area contributed by atoms with Crippen LogP contribution in [0, 0.1) is 0 Å². The van der Waals surface area contributed by atoms with Crippen LogP contribution < -0.4 is 20.5 Å². The molecule has 1 fully saturated rings. The van der Waals surface area contributed by atoms with Gasteiger partial charge >= 0.3 is 0 Å². The lowest BCUT2D eigenvalue weighted by molar-refractivity contribution is 0.136. The maximum absolute atomic E-state index is 6.02. The summed E-state index contributed by atoms with van der Waals surface area (Å²) in [6, 6.07) is 5.76. The molecule has 7 heteroatoms. The molecule has 0 unspecified atom stereocenters. The lowest BCUT2D eigenvalue weighted by Crippen LogP contribution is -2.46. The van der Waals surface area contributed by atoms with Gasteiger partial charge in [-0.15, -0.1) is 0 Å². The lowest BCUT2D eigenvalue weighted by Gasteiger charge is -2.33. The Morgan fingerprint density at radius 3 is 2.59 bits per heavy atom. The topological polar surface area (TPSA) is 75.4 Å². The summed E-state index contributed by atoms with van der Waals surface area (Å²) in [7, 11) is 0. The third-order valence-corrected chi connectivity index (χ3v) is 5.10. The molecule has 0 bridgehead atoms. The van der Waals surface area contributed by atoms with Gasteiger partial charge in [-0.2, -0.15) is 0 Å². The first-order valence-corrected chi connectivity index (χ1v) is 10.2. The zero-order valence-corrected chi connectivity index (χ0v) is 16.5. The Bertz CT molecular complexity index is 614. The van der Waals surface area contributed by atoms with E-state index in [1.54, 1.807) is 0 Å². The number of nitrogens with one attached hydrogen (secondary N) is 1. The number of piperazine rings is 1. The molecule has 2 aliphatic rings. The highest BCUT2D eigenvalue weighted by Gasteiger charge is 2.14. The fraction of sp³-hybridized carbons (Fsp3) is 0.650. The van der Waals surface area contributed by atoms with Crippen LogP contribution in [-0.4, -0.2) is 74.8 Å². The van der Waals surface area contributed by atoms with Crippen molar-refractivity contribution in [3.05, 3.63) is 18.2 Å². The number of fused-ring (bicyclic) bond motifs is 1. The molecule has 0 saturated carbocycles. The number of unbranched alkanes of at least 4 members (excludes halogenated alkanes) is 1. The first kappa shape index (κ1) is 19.8. The number of aliphatic imine (C=N–C) groups is 1. The molecule has 27 heavy (non-hydrogen) atoms. The van der Waals surface area contributed by atoms with E-state index in [4.69, 9.17) is 15.2 Å². The van der Waals surface area contributed by atoms with Gasteiger partial charge in [0.05, 0.1) is 13.2 Å². The molecule has 1 saturated heterocycles. The number of likely N-dealkylation sites (N-methyl/N-ethyl adjacent to an activating group) is 1. The van der Waals surface area contributed by atoms with Gasteiger partial charge in [0.15, 0.2) is 17.5 Å². The number of benzene rings is 1. The first-order chi connectivity index (χ1) is 13.2. The van der Waals surface area contributed by atoms with Gasteiger partial charge in [0.2, 0.25) is 0 Å². The smallest absolute Gasteiger partial charge is 0.193 e. The molecule has 0 aromatic heterocycles. The van der Waals surface area contributed by atoms with Crippen LogP contribution >= 0.6 is 0 Å². The van der Waals surface area contributed by atoms with Crippen molar-refractivity contribution in [3.8, 4) is 11.5 Å². The SMILES string of the molecule is CCN1CCN(CCCCN=C(N)Nc2ccc3c(c2)OCCCO3)CC1. The minimum Gasteiger partial charge on any atom is -0.490 e. The number of anilines is 1. The van der Waals surface area contributed by atoms with Gasteiger partial charge in [0.1, 0.15) is 0 Å². The van der Waals surface area contributed by atoms with Gasteiger partial charge in [-0.3, -0.25) is 4.99 Å². The Hall–Kier alpha value is -1.99. The Labute approximate surface area is 162 Å². The fourth-order valence-electron chi connectivity index (χ4n) is 3.40. The Morgan fingerprint density at radius 1 is 1.07 bits per heavy atom. The fourth-order valence-corrected chi connectivity index (χ4v) is 3.40. The second kappa shape index (κ2) is 10.4. The van der Waals surface area contributed by atoms with Crippen molar-refractivity contribution in [2.45, 2.75) is 26.2 Å². The number of guanidine groups is 1. The predicted octanol–water partition coefficient (Wildman–Crippen LogP) is 1.99. The summed E-state index contributed by atoms with van der Waals surface area (Å²) < 4.78 is 11.3. The monoisotopic (exact) mass is 375 g/mol. The molecule has 2 heterocycles. The van der Waals surface area contributed by atoms with E-state index < -0.39 is 0 Å². The highest BCUT2D eigenvalue weighted by molar-refractivity contribution is 5.92. The van der Waals surface area contributed by atoms with Gasteiger partial charge in [-0.1, -0.05) is 6.92 Å². The molecule has 1 aromatic rings.